The van der Waals surface area contributed by atoms with Crippen molar-refractivity contribution in [3.05, 3.63) is 35.9 Å². The van der Waals surface area contributed by atoms with Crippen molar-refractivity contribution in [2.75, 3.05) is 39.3 Å². The molecule has 0 aliphatic carbocycles. The third-order valence-electron chi connectivity index (χ3n) is 5.01. The summed E-state index contributed by atoms with van der Waals surface area (Å²) in [7, 11) is 0. The van der Waals surface area contributed by atoms with E-state index in [0.717, 1.165) is 51.1 Å². The molecule has 0 amide bonds. The van der Waals surface area contributed by atoms with Gasteiger partial charge in [-0.2, -0.15) is 0 Å². The highest BCUT2D eigenvalue weighted by Crippen LogP contribution is 2.34. The SMILES string of the molecule is Cl.Cl.O=C(OCCN1CCCC1)C1(c2ccccc2)CCNCC1. The number of halogens is 2. The van der Waals surface area contributed by atoms with E-state index < -0.39 is 5.41 Å². The summed E-state index contributed by atoms with van der Waals surface area (Å²) in [4.78, 5) is 15.2. The van der Waals surface area contributed by atoms with Crippen LogP contribution < -0.4 is 5.32 Å². The number of rotatable bonds is 5. The van der Waals surface area contributed by atoms with Crippen molar-refractivity contribution in [1.29, 1.82) is 0 Å². The van der Waals surface area contributed by atoms with Crippen LogP contribution in [-0.4, -0.2) is 50.2 Å². The van der Waals surface area contributed by atoms with Crippen molar-refractivity contribution in [2.45, 2.75) is 31.1 Å². The monoisotopic (exact) mass is 374 g/mol. The van der Waals surface area contributed by atoms with E-state index in [2.05, 4.69) is 22.3 Å². The quantitative estimate of drug-likeness (QED) is 0.804. The molecule has 0 bridgehead atoms. The Balaban J connectivity index is 0.00000144. The number of piperidine rings is 1. The Labute approximate surface area is 157 Å². The molecule has 0 unspecified atom stereocenters. The minimum atomic E-state index is -0.461. The average Bonchev–Trinajstić information content (AvgIpc) is 3.09. The molecular weight excluding hydrogens is 347 g/mol. The van der Waals surface area contributed by atoms with E-state index in [-0.39, 0.29) is 30.8 Å². The average molecular weight is 375 g/mol. The van der Waals surface area contributed by atoms with Gasteiger partial charge in [0.25, 0.3) is 0 Å². The molecule has 2 saturated heterocycles. The van der Waals surface area contributed by atoms with Crippen molar-refractivity contribution < 1.29 is 9.53 Å². The molecule has 0 saturated carbocycles. The zero-order chi connectivity index (χ0) is 15.3. The molecule has 0 radical (unpaired) electrons. The van der Waals surface area contributed by atoms with Crippen LogP contribution in [0.5, 0.6) is 0 Å². The molecule has 2 aliphatic heterocycles. The minimum Gasteiger partial charge on any atom is -0.464 e. The molecule has 24 heavy (non-hydrogen) atoms. The van der Waals surface area contributed by atoms with Crippen molar-refractivity contribution in [3.63, 3.8) is 0 Å². The van der Waals surface area contributed by atoms with Crippen molar-refractivity contribution >= 4 is 30.8 Å². The molecule has 0 spiro atoms. The number of carbonyl (C=O) groups is 1. The largest absolute Gasteiger partial charge is 0.464 e. The third kappa shape index (κ3) is 4.85. The van der Waals surface area contributed by atoms with Gasteiger partial charge in [0.2, 0.25) is 0 Å². The molecule has 3 rings (SSSR count). The molecule has 1 aromatic rings. The van der Waals surface area contributed by atoms with Crippen molar-refractivity contribution in [3.8, 4) is 0 Å². The van der Waals surface area contributed by atoms with Gasteiger partial charge in [-0.1, -0.05) is 30.3 Å². The maximum absolute atomic E-state index is 12.8. The van der Waals surface area contributed by atoms with Gasteiger partial charge in [0.1, 0.15) is 6.61 Å². The van der Waals surface area contributed by atoms with Crippen molar-refractivity contribution in [1.82, 2.24) is 10.2 Å². The number of likely N-dealkylation sites (tertiary alicyclic amines) is 1. The Bertz CT molecular complexity index is 487. The van der Waals surface area contributed by atoms with Crippen LogP contribution in [0.15, 0.2) is 30.3 Å². The molecule has 1 aromatic carbocycles. The Morgan fingerprint density at radius 3 is 2.33 bits per heavy atom. The topological polar surface area (TPSA) is 41.6 Å². The van der Waals surface area contributed by atoms with Crippen LogP contribution in [-0.2, 0) is 14.9 Å². The first-order valence-corrected chi connectivity index (χ1v) is 8.47. The number of benzene rings is 1. The lowest BCUT2D eigenvalue weighted by molar-refractivity contribution is -0.152. The van der Waals surface area contributed by atoms with E-state index in [1.165, 1.54) is 12.8 Å². The van der Waals surface area contributed by atoms with E-state index in [9.17, 15) is 4.79 Å². The zero-order valence-electron chi connectivity index (χ0n) is 14.0. The first kappa shape index (κ1) is 21.2. The first-order valence-electron chi connectivity index (χ1n) is 8.47. The molecule has 6 heteroatoms. The Morgan fingerprint density at radius 2 is 1.71 bits per heavy atom. The maximum Gasteiger partial charge on any atom is 0.316 e. The van der Waals surface area contributed by atoms with Gasteiger partial charge >= 0.3 is 5.97 Å². The van der Waals surface area contributed by atoms with Gasteiger partial charge in [-0.3, -0.25) is 9.69 Å². The lowest BCUT2D eigenvalue weighted by atomic mass is 9.73. The fraction of sp³-hybridized carbons (Fsp3) is 0.611. The molecule has 1 N–H and O–H groups in total. The number of carbonyl (C=O) groups excluding carboxylic acids is 1. The molecule has 2 fully saturated rings. The van der Waals surface area contributed by atoms with Gasteiger partial charge < -0.3 is 10.1 Å². The van der Waals surface area contributed by atoms with Gasteiger partial charge in [-0.15, -0.1) is 24.8 Å². The molecule has 0 atom stereocenters. The Morgan fingerprint density at radius 1 is 1.08 bits per heavy atom. The summed E-state index contributed by atoms with van der Waals surface area (Å²) in [6.07, 6.45) is 4.18. The molecule has 2 heterocycles. The van der Waals surface area contributed by atoms with Crippen LogP contribution in [0.4, 0.5) is 0 Å². The minimum absolute atomic E-state index is 0. The van der Waals surface area contributed by atoms with E-state index in [1.54, 1.807) is 0 Å². The van der Waals surface area contributed by atoms with Gasteiger partial charge in [0.15, 0.2) is 0 Å². The van der Waals surface area contributed by atoms with Gasteiger partial charge in [-0.05, 0) is 57.4 Å². The number of ether oxygens (including phenoxy) is 1. The number of esters is 1. The lowest BCUT2D eigenvalue weighted by Crippen LogP contribution is -2.47. The summed E-state index contributed by atoms with van der Waals surface area (Å²) >= 11 is 0. The van der Waals surface area contributed by atoms with Crippen LogP contribution in [0.1, 0.15) is 31.2 Å². The Hall–Kier alpha value is -0.810. The summed E-state index contributed by atoms with van der Waals surface area (Å²) in [6.45, 7) is 5.42. The second kappa shape index (κ2) is 10.2. The fourth-order valence-corrected chi connectivity index (χ4v) is 3.63. The molecule has 4 nitrogen and oxygen atoms in total. The highest BCUT2D eigenvalue weighted by atomic mass is 35.5. The standard InChI is InChI=1S/C18H26N2O2.2ClH/c21-17(22-15-14-20-12-4-5-13-20)18(8-10-19-11-9-18)16-6-2-1-3-7-16;;/h1-3,6-7,19H,4-5,8-15H2;2*1H. The summed E-state index contributed by atoms with van der Waals surface area (Å²) in [5.74, 6) is -0.0422. The van der Waals surface area contributed by atoms with Crippen molar-refractivity contribution in [2.24, 2.45) is 0 Å². The summed E-state index contributed by atoms with van der Waals surface area (Å²) in [5, 5.41) is 3.35. The highest BCUT2D eigenvalue weighted by molar-refractivity contribution is 5.85. The second-order valence-electron chi connectivity index (χ2n) is 6.38. The molecule has 2 aliphatic rings. The number of hydrogen-bond acceptors (Lipinski definition) is 4. The maximum atomic E-state index is 12.8. The van der Waals surface area contributed by atoms with Crippen LogP contribution in [0.3, 0.4) is 0 Å². The van der Waals surface area contributed by atoms with Crippen LogP contribution >= 0.6 is 24.8 Å². The third-order valence-corrected chi connectivity index (χ3v) is 5.01. The van der Waals surface area contributed by atoms with Gasteiger partial charge in [-0.25, -0.2) is 0 Å². The number of nitrogens with zero attached hydrogens (tertiary/aromatic N) is 1. The van der Waals surface area contributed by atoms with Crippen LogP contribution in [0, 0.1) is 0 Å². The van der Waals surface area contributed by atoms with Gasteiger partial charge in [0, 0.05) is 6.54 Å². The normalized spacial score (nSPS) is 19.8. The summed E-state index contributed by atoms with van der Waals surface area (Å²) in [5.41, 5.74) is 0.639. The van der Waals surface area contributed by atoms with Gasteiger partial charge in [0.05, 0.1) is 5.41 Å². The number of hydrogen-bond donors (Lipinski definition) is 1. The smallest absolute Gasteiger partial charge is 0.316 e. The van der Waals surface area contributed by atoms with E-state index in [0.29, 0.717) is 6.61 Å². The summed E-state index contributed by atoms with van der Waals surface area (Å²) < 4.78 is 5.69. The summed E-state index contributed by atoms with van der Waals surface area (Å²) in [6, 6.07) is 10.1. The van der Waals surface area contributed by atoms with E-state index in [1.807, 2.05) is 18.2 Å². The predicted molar refractivity (Wildman–Crippen MR) is 101 cm³/mol. The predicted octanol–water partition coefficient (Wildman–Crippen LogP) is 2.79. The Kier molecular flexibility index (Phi) is 9.06. The molecule has 136 valence electrons. The van der Waals surface area contributed by atoms with E-state index in [4.69, 9.17) is 4.74 Å². The zero-order valence-corrected chi connectivity index (χ0v) is 15.7. The van der Waals surface area contributed by atoms with Crippen LogP contribution in [0.2, 0.25) is 0 Å². The van der Waals surface area contributed by atoms with E-state index >= 15 is 0 Å². The fourth-order valence-electron chi connectivity index (χ4n) is 3.63. The highest BCUT2D eigenvalue weighted by Gasteiger charge is 2.42. The van der Waals surface area contributed by atoms with Crippen LogP contribution in [0.25, 0.3) is 0 Å². The molecular formula is C18H28Cl2N2O2. The number of nitrogens with one attached hydrogen (secondary N) is 1. The molecule has 0 aromatic heterocycles. The first-order chi connectivity index (χ1) is 10.8. The second-order valence-corrected chi connectivity index (χ2v) is 6.38. The lowest BCUT2D eigenvalue weighted by Gasteiger charge is -2.36.